The summed E-state index contributed by atoms with van der Waals surface area (Å²) in [4.78, 5) is 0. The molecule has 2 aromatic carbocycles. The fourth-order valence-electron chi connectivity index (χ4n) is 2.05. The number of alkyl halides is 3. The molecular formula is C15H15ClF3NO. The van der Waals surface area contributed by atoms with E-state index in [2.05, 4.69) is 4.74 Å². The van der Waals surface area contributed by atoms with E-state index in [0.29, 0.717) is 17.7 Å². The Balaban J connectivity index is 0.00000220. The minimum atomic E-state index is -4.71. The summed E-state index contributed by atoms with van der Waals surface area (Å²) in [5, 5.41) is 0. The van der Waals surface area contributed by atoms with Gasteiger partial charge in [-0.25, -0.2) is 0 Å². The molecular weight excluding hydrogens is 303 g/mol. The van der Waals surface area contributed by atoms with Crippen LogP contribution in [0.1, 0.15) is 11.1 Å². The number of hydrogen-bond acceptors (Lipinski definition) is 2. The normalized spacial score (nSPS) is 10.9. The summed E-state index contributed by atoms with van der Waals surface area (Å²) >= 11 is 0. The van der Waals surface area contributed by atoms with Crippen LogP contribution in [0.15, 0.2) is 42.5 Å². The average Bonchev–Trinajstić information content (AvgIpc) is 2.36. The molecule has 0 aliphatic heterocycles. The van der Waals surface area contributed by atoms with Gasteiger partial charge in [-0.1, -0.05) is 35.9 Å². The molecule has 21 heavy (non-hydrogen) atoms. The first kappa shape index (κ1) is 17.3. The zero-order valence-electron chi connectivity index (χ0n) is 11.3. The summed E-state index contributed by atoms with van der Waals surface area (Å²) < 4.78 is 41.3. The summed E-state index contributed by atoms with van der Waals surface area (Å²) in [5.74, 6) is -0.214. The Morgan fingerprint density at radius 2 is 1.76 bits per heavy atom. The Labute approximate surface area is 127 Å². The molecule has 0 spiro atoms. The van der Waals surface area contributed by atoms with Gasteiger partial charge in [-0.15, -0.1) is 25.6 Å². The van der Waals surface area contributed by atoms with E-state index in [4.69, 9.17) is 5.73 Å². The molecule has 0 fully saturated rings. The van der Waals surface area contributed by atoms with E-state index in [9.17, 15) is 13.2 Å². The van der Waals surface area contributed by atoms with Crippen molar-refractivity contribution >= 4 is 12.4 Å². The Bertz CT molecular complexity index is 614. The zero-order chi connectivity index (χ0) is 14.8. The van der Waals surface area contributed by atoms with Crippen LogP contribution in [-0.4, -0.2) is 6.36 Å². The molecule has 2 aromatic rings. The average molecular weight is 318 g/mol. The van der Waals surface area contributed by atoms with Crippen LogP contribution in [0, 0.1) is 6.92 Å². The first-order valence-corrected chi connectivity index (χ1v) is 6.05. The van der Waals surface area contributed by atoms with Gasteiger partial charge in [-0.3, -0.25) is 0 Å². The van der Waals surface area contributed by atoms with Crippen molar-refractivity contribution in [1.82, 2.24) is 0 Å². The highest BCUT2D eigenvalue weighted by molar-refractivity contribution is 5.85. The van der Waals surface area contributed by atoms with Gasteiger partial charge in [0.05, 0.1) is 0 Å². The van der Waals surface area contributed by atoms with Crippen LogP contribution < -0.4 is 10.5 Å². The SMILES string of the molecule is Cc1cc(CN)cc(-c2ccccc2OC(F)(F)F)c1.Cl. The maximum atomic E-state index is 12.4. The standard InChI is InChI=1S/C15H14F3NO.ClH/c1-10-6-11(9-19)8-12(7-10)13-4-2-3-5-14(13)20-15(16,17)18;/h2-8H,9,19H2,1H3;1H. The molecule has 0 amide bonds. The second-order valence-corrected chi connectivity index (χ2v) is 4.46. The third kappa shape index (κ3) is 4.65. The van der Waals surface area contributed by atoms with Crippen molar-refractivity contribution in [2.45, 2.75) is 19.8 Å². The van der Waals surface area contributed by atoms with Gasteiger partial charge in [0, 0.05) is 12.1 Å². The third-order valence-corrected chi connectivity index (χ3v) is 2.80. The van der Waals surface area contributed by atoms with Crippen molar-refractivity contribution in [3.8, 4) is 16.9 Å². The highest BCUT2D eigenvalue weighted by atomic mass is 35.5. The summed E-state index contributed by atoms with van der Waals surface area (Å²) in [5.41, 5.74) is 8.44. The molecule has 0 atom stereocenters. The largest absolute Gasteiger partial charge is 0.573 e. The molecule has 2 N–H and O–H groups in total. The summed E-state index contributed by atoms with van der Waals surface area (Å²) in [6.45, 7) is 2.20. The summed E-state index contributed by atoms with van der Waals surface area (Å²) in [6, 6.07) is 11.5. The van der Waals surface area contributed by atoms with E-state index in [1.165, 1.54) is 12.1 Å². The molecule has 0 aliphatic carbocycles. The molecule has 0 bridgehead atoms. The number of rotatable bonds is 3. The third-order valence-electron chi connectivity index (χ3n) is 2.80. The van der Waals surface area contributed by atoms with Gasteiger partial charge >= 0.3 is 6.36 Å². The van der Waals surface area contributed by atoms with Crippen LogP contribution in [0.25, 0.3) is 11.1 Å². The van der Waals surface area contributed by atoms with Crippen LogP contribution in [-0.2, 0) is 6.54 Å². The van der Waals surface area contributed by atoms with E-state index in [0.717, 1.165) is 11.1 Å². The molecule has 114 valence electrons. The Kier molecular flexibility index (Phi) is 5.63. The van der Waals surface area contributed by atoms with Gasteiger partial charge in [-0.2, -0.15) is 0 Å². The number of hydrogen-bond donors (Lipinski definition) is 1. The predicted molar refractivity (Wildman–Crippen MR) is 78.4 cm³/mol. The summed E-state index contributed by atoms with van der Waals surface area (Å²) in [6.07, 6.45) is -4.71. The van der Waals surface area contributed by atoms with Gasteiger partial charge in [0.25, 0.3) is 0 Å². The van der Waals surface area contributed by atoms with Crippen molar-refractivity contribution in [1.29, 1.82) is 0 Å². The molecule has 0 aromatic heterocycles. The lowest BCUT2D eigenvalue weighted by molar-refractivity contribution is -0.274. The van der Waals surface area contributed by atoms with Crippen LogP contribution >= 0.6 is 12.4 Å². The molecule has 0 saturated carbocycles. The summed E-state index contributed by atoms with van der Waals surface area (Å²) in [7, 11) is 0. The minimum absolute atomic E-state index is 0. The van der Waals surface area contributed by atoms with Crippen LogP contribution in [0.5, 0.6) is 5.75 Å². The monoisotopic (exact) mass is 317 g/mol. The van der Waals surface area contributed by atoms with E-state index in [-0.39, 0.29) is 18.2 Å². The van der Waals surface area contributed by atoms with Crippen molar-refractivity contribution in [3.63, 3.8) is 0 Å². The van der Waals surface area contributed by atoms with E-state index < -0.39 is 6.36 Å². The zero-order valence-corrected chi connectivity index (χ0v) is 12.1. The highest BCUT2D eigenvalue weighted by Crippen LogP contribution is 2.34. The molecule has 0 saturated heterocycles. The van der Waals surface area contributed by atoms with Crippen LogP contribution in [0.4, 0.5) is 13.2 Å². The lowest BCUT2D eigenvalue weighted by Crippen LogP contribution is -2.17. The number of ether oxygens (including phenoxy) is 1. The van der Waals surface area contributed by atoms with Crippen molar-refractivity contribution in [3.05, 3.63) is 53.6 Å². The van der Waals surface area contributed by atoms with Crippen molar-refractivity contribution in [2.75, 3.05) is 0 Å². The maximum Gasteiger partial charge on any atom is 0.573 e. The molecule has 0 unspecified atom stereocenters. The van der Waals surface area contributed by atoms with Crippen molar-refractivity contribution < 1.29 is 17.9 Å². The second-order valence-electron chi connectivity index (χ2n) is 4.46. The van der Waals surface area contributed by atoms with Gasteiger partial charge in [0.15, 0.2) is 0 Å². The van der Waals surface area contributed by atoms with Crippen molar-refractivity contribution in [2.24, 2.45) is 5.73 Å². The molecule has 2 nitrogen and oxygen atoms in total. The lowest BCUT2D eigenvalue weighted by atomic mass is 9.99. The maximum absolute atomic E-state index is 12.4. The van der Waals surface area contributed by atoms with E-state index in [1.54, 1.807) is 24.3 Å². The number of nitrogens with two attached hydrogens (primary N) is 1. The Hall–Kier alpha value is -1.72. The predicted octanol–water partition coefficient (Wildman–Crippen LogP) is 4.44. The first-order valence-electron chi connectivity index (χ1n) is 6.05. The van der Waals surface area contributed by atoms with Gasteiger partial charge in [-0.05, 0) is 30.2 Å². The smallest absolute Gasteiger partial charge is 0.405 e. The Morgan fingerprint density at radius 3 is 2.38 bits per heavy atom. The number of aryl methyl sites for hydroxylation is 1. The topological polar surface area (TPSA) is 35.2 Å². The fraction of sp³-hybridized carbons (Fsp3) is 0.200. The fourth-order valence-corrected chi connectivity index (χ4v) is 2.05. The number of halogens is 4. The Morgan fingerprint density at radius 1 is 1.10 bits per heavy atom. The molecule has 2 rings (SSSR count). The molecule has 0 heterocycles. The number of para-hydroxylation sites is 1. The first-order chi connectivity index (χ1) is 9.39. The van der Waals surface area contributed by atoms with Gasteiger partial charge < -0.3 is 10.5 Å². The molecule has 6 heteroatoms. The van der Waals surface area contributed by atoms with Gasteiger partial charge in [0.1, 0.15) is 5.75 Å². The van der Waals surface area contributed by atoms with Crippen LogP contribution in [0.2, 0.25) is 0 Å². The number of benzene rings is 2. The minimum Gasteiger partial charge on any atom is -0.405 e. The quantitative estimate of drug-likeness (QED) is 0.908. The lowest BCUT2D eigenvalue weighted by Gasteiger charge is -2.14. The molecule has 0 aliphatic rings. The second kappa shape index (κ2) is 6.83. The van der Waals surface area contributed by atoms with Gasteiger partial charge in [0.2, 0.25) is 0 Å². The highest BCUT2D eigenvalue weighted by Gasteiger charge is 2.32. The van der Waals surface area contributed by atoms with E-state index in [1.807, 2.05) is 13.0 Å². The van der Waals surface area contributed by atoms with Crippen LogP contribution in [0.3, 0.4) is 0 Å². The van der Waals surface area contributed by atoms with E-state index >= 15 is 0 Å². The molecule has 0 radical (unpaired) electrons.